The minimum absolute atomic E-state index is 0.0601. The maximum atomic E-state index is 5.52. The van der Waals surface area contributed by atoms with Crippen LogP contribution in [0.25, 0.3) is 0 Å². The molecule has 2 rings (SSSR count). The summed E-state index contributed by atoms with van der Waals surface area (Å²) in [6.45, 7) is 9.40. The normalized spacial score (nSPS) is 12.6. The van der Waals surface area contributed by atoms with E-state index in [9.17, 15) is 0 Å². The van der Waals surface area contributed by atoms with Crippen LogP contribution in [0.2, 0.25) is 0 Å². The Morgan fingerprint density at radius 1 is 1.26 bits per heavy atom. The molecule has 0 radical (unpaired) electrons. The largest absolute Gasteiger partial charge is 0.466 e. The van der Waals surface area contributed by atoms with Crippen molar-refractivity contribution in [1.82, 2.24) is 15.5 Å². The Bertz CT molecular complexity index is 532. The van der Waals surface area contributed by atoms with Gasteiger partial charge in [-0.05, 0) is 33.4 Å². The molecule has 0 aliphatic carbocycles. The lowest BCUT2D eigenvalue weighted by atomic mass is 10.1. The van der Waals surface area contributed by atoms with Gasteiger partial charge in [0, 0.05) is 5.56 Å². The summed E-state index contributed by atoms with van der Waals surface area (Å²) in [7, 11) is 0. The number of anilines is 1. The lowest BCUT2D eigenvalue weighted by Gasteiger charge is -2.10. The molecular formula is C13H20N4O2. The molecule has 2 aromatic rings. The summed E-state index contributed by atoms with van der Waals surface area (Å²) in [6, 6.07) is 2.51. The second-order valence-electron chi connectivity index (χ2n) is 4.52. The molecule has 104 valence electrons. The number of furan rings is 1. The molecule has 0 fully saturated rings. The molecule has 6 heteroatoms. The monoisotopic (exact) mass is 264 g/mol. The fourth-order valence-electron chi connectivity index (χ4n) is 1.96. The summed E-state index contributed by atoms with van der Waals surface area (Å²) in [5.74, 6) is 2.39. The predicted molar refractivity (Wildman–Crippen MR) is 71.9 cm³/mol. The van der Waals surface area contributed by atoms with Crippen LogP contribution in [0.4, 0.5) is 6.01 Å². The molecular weight excluding hydrogens is 244 g/mol. The molecule has 2 N–H and O–H groups in total. The number of hydrogen-bond donors (Lipinski definition) is 2. The average Bonchev–Trinajstić information content (AvgIpc) is 2.93. The van der Waals surface area contributed by atoms with Crippen LogP contribution in [0.15, 0.2) is 14.9 Å². The Kier molecular flexibility index (Phi) is 4.21. The smallest absolute Gasteiger partial charge is 0.315 e. The minimum atomic E-state index is 0.0601. The molecule has 1 unspecified atom stereocenters. The molecule has 0 spiro atoms. The zero-order chi connectivity index (χ0) is 13.8. The van der Waals surface area contributed by atoms with Crippen LogP contribution in [-0.2, 0) is 6.54 Å². The van der Waals surface area contributed by atoms with Crippen LogP contribution < -0.4 is 10.6 Å². The van der Waals surface area contributed by atoms with Crippen molar-refractivity contribution in [2.24, 2.45) is 0 Å². The van der Waals surface area contributed by atoms with Crippen molar-refractivity contribution in [3.63, 3.8) is 0 Å². The summed E-state index contributed by atoms with van der Waals surface area (Å²) in [6.07, 6.45) is 0. The van der Waals surface area contributed by atoms with Crippen LogP contribution >= 0.6 is 0 Å². The number of rotatable bonds is 6. The number of nitrogens with one attached hydrogen (secondary N) is 2. The zero-order valence-corrected chi connectivity index (χ0v) is 11.8. The third-order valence-corrected chi connectivity index (χ3v) is 2.88. The molecule has 19 heavy (non-hydrogen) atoms. The van der Waals surface area contributed by atoms with Gasteiger partial charge in [0.15, 0.2) is 0 Å². The van der Waals surface area contributed by atoms with Gasteiger partial charge >= 0.3 is 6.01 Å². The van der Waals surface area contributed by atoms with E-state index < -0.39 is 0 Å². The topological polar surface area (TPSA) is 76.1 Å². The molecule has 0 bridgehead atoms. The first-order valence-electron chi connectivity index (χ1n) is 6.46. The summed E-state index contributed by atoms with van der Waals surface area (Å²) >= 11 is 0. The third kappa shape index (κ3) is 3.35. The van der Waals surface area contributed by atoms with E-state index >= 15 is 0 Å². The lowest BCUT2D eigenvalue weighted by molar-refractivity contribution is 0.477. The van der Waals surface area contributed by atoms with Crippen LogP contribution in [0, 0.1) is 13.8 Å². The van der Waals surface area contributed by atoms with Crippen molar-refractivity contribution in [2.45, 2.75) is 40.3 Å². The van der Waals surface area contributed by atoms with E-state index in [4.69, 9.17) is 8.83 Å². The highest BCUT2D eigenvalue weighted by Gasteiger charge is 2.15. The summed E-state index contributed by atoms with van der Waals surface area (Å²) in [4.78, 5) is 0. The van der Waals surface area contributed by atoms with Crippen LogP contribution in [0.5, 0.6) is 0 Å². The fourth-order valence-corrected chi connectivity index (χ4v) is 1.96. The van der Waals surface area contributed by atoms with Crippen molar-refractivity contribution >= 4 is 6.01 Å². The van der Waals surface area contributed by atoms with Crippen molar-refractivity contribution in [1.29, 1.82) is 0 Å². The van der Waals surface area contributed by atoms with Crippen molar-refractivity contribution in [3.8, 4) is 0 Å². The maximum absolute atomic E-state index is 5.52. The Hall–Kier alpha value is -1.82. The number of nitrogens with zero attached hydrogens (tertiary/aromatic N) is 2. The molecule has 1 atom stereocenters. The van der Waals surface area contributed by atoms with Gasteiger partial charge in [0.2, 0.25) is 5.89 Å². The molecule has 0 aliphatic rings. The van der Waals surface area contributed by atoms with Gasteiger partial charge in [-0.2, -0.15) is 0 Å². The molecule has 2 heterocycles. The zero-order valence-electron chi connectivity index (χ0n) is 11.8. The SMILES string of the molecule is CCNCc1nnc(NC(C)c2cc(C)oc2C)o1. The number of aryl methyl sites for hydroxylation is 2. The van der Waals surface area contributed by atoms with Gasteiger partial charge in [-0.15, -0.1) is 5.10 Å². The Labute approximate surface area is 112 Å². The molecule has 0 saturated carbocycles. The highest BCUT2D eigenvalue weighted by Crippen LogP contribution is 2.24. The quantitative estimate of drug-likeness (QED) is 0.835. The standard InChI is InChI=1S/C13H20N4O2/c1-5-14-7-12-16-17-13(19-12)15-9(3)11-6-8(2)18-10(11)4/h6,9,14H,5,7H2,1-4H3,(H,15,17). The first-order chi connectivity index (χ1) is 9.10. The van der Waals surface area contributed by atoms with E-state index in [0.717, 1.165) is 23.6 Å². The summed E-state index contributed by atoms with van der Waals surface area (Å²) < 4.78 is 11.0. The van der Waals surface area contributed by atoms with E-state index in [1.807, 2.05) is 33.8 Å². The second kappa shape index (κ2) is 5.88. The molecule has 6 nitrogen and oxygen atoms in total. The molecule has 0 aromatic carbocycles. The van der Waals surface area contributed by atoms with Crippen molar-refractivity contribution in [3.05, 3.63) is 29.0 Å². The molecule has 0 aliphatic heterocycles. The third-order valence-electron chi connectivity index (χ3n) is 2.88. The predicted octanol–water partition coefficient (Wildman–Crippen LogP) is 2.56. The lowest BCUT2D eigenvalue weighted by Crippen LogP contribution is -2.11. The Morgan fingerprint density at radius 2 is 2.05 bits per heavy atom. The van der Waals surface area contributed by atoms with E-state index in [1.165, 1.54) is 0 Å². The summed E-state index contributed by atoms with van der Waals surface area (Å²) in [5.41, 5.74) is 1.10. The van der Waals surface area contributed by atoms with E-state index in [2.05, 4.69) is 20.8 Å². The minimum Gasteiger partial charge on any atom is -0.466 e. The molecule has 0 saturated heterocycles. The fraction of sp³-hybridized carbons (Fsp3) is 0.538. The van der Waals surface area contributed by atoms with Gasteiger partial charge in [-0.25, -0.2) is 0 Å². The Morgan fingerprint density at radius 3 is 2.68 bits per heavy atom. The van der Waals surface area contributed by atoms with Crippen molar-refractivity contribution in [2.75, 3.05) is 11.9 Å². The van der Waals surface area contributed by atoms with Crippen LogP contribution in [0.3, 0.4) is 0 Å². The highest BCUT2D eigenvalue weighted by molar-refractivity contribution is 5.31. The molecule has 0 amide bonds. The van der Waals surface area contributed by atoms with Gasteiger partial charge < -0.3 is 19.5 Å². The van der Waals surface area contributed by atoms with Gasteiger partial charge in [0.25, 0.3) is 0 Å². The maximum Gasteiger partial charge on any atom is 0.315 e. The van der Waals surface area contributed by atoms with Gasteiger partial charge in [0.1, 0.15) is 11.5 Å². The van der Waals surface area contributed by atoms with Crippen LogP contribution in [0.1, 0.15) is 42.9 Å². The first-order valence-corrected chi connectivity index (χ1v) is 6.46. The average molecular weight is 264 g/mol. The molecule has 2 aromatic heterocycles. The van der Waals surface area contributed by atoms with Crippen molar-refractivity contribution < 1.29 is 8.83 Å². The summed E-state index contributed by atoms with van der Waals surface area (Å²) in [5, 5.41) is 14.3. The van der Waals surface area contributed by atoms with Gasteiger partial charge in [0.05, 0.1) is 12.6 Å². The number of hydrogen-bond acceptors (Lipinski definition) is 6. The number of aromatic nitrogens is 2. The van der Waals surface area contributed by atoms with Crippen LogP contribution in [-0.4, -0.2) is 16.7 Å². The first kappa shape index (κ1) is 13.6. The Balaban J connectivity index is 2.00. The second-order valence-corrected chi connectivity index (χ2v) is 4.52. The van der Waals surface area contributed by atoms with E-state index in [1.54, 1.807) is 0 Å². The van der Waals surface area contributed by atoms with E-state index in [-0.39, 0.29) is 6.04 Å². The van der Waals surface area contributed by atoms with Gasteiger partial charge in [-0.1, -0.05) is 12.0 Å². The van der Waals surface area contributed by atoms with Gasteiger partial charge in [-0.3, -0.25) is 0 Å². The van der Waals surface area contributed by atoms with E-state index in [0.29, 0.717) is 18.5 Å². The highest BCUT2D eigenvalue weighted by atomic mass is 16.4.